The van der Waals surface area contributed by atoms with E-state index in [1.165, 1.54) is 0 Å². The van der Waals surface area contributed by atoms with E-state index < -0.39 is 0 Å². The van der Waals surface area contributed by atoms with Gasteiger partial charge in [-0.05, 0) is 74.2 Å². The first-order chi connectivity index (χ1) is 9.38. The smallest absolute Gasteiger partial charge is 0.143 e. The number of benzene rings is 2. The molecule has 0 saturated carbocycles. The molecule has 0 bridgehead atoms. The fourth-order valence-corrected chi connectivity index (χ4v) is 3.43. The lowest BCUT2D eigenvalue weighted by Crippen LogP contribution is -2.00. The molecule has 0 fully saturated rings. The van der Waals surface area contributed by atoms with E-state index in [0.29, 0.717) is 25.5 Å². The molecule has 0 aliphatic carbocycles. The van der Waals surface area contributed by atoms with Gasteiger partial charge in [0.15, 0.2) is 0 Å². The van der Waals surface area contributed by atoms with Gasteiger partial charge in [-0.1, -0.05) is 23.2 Å². The summed E-state index contributed by atoms with van der Waals surface area (Å²) in [5.41, 5.74) is 2.72. The Morgan fingerprint density at radius 2 is 1.65 bits per heavy atom. The van der Waals surface area contributed by atoms with E-state index in [1.807, 2.05) is 31.2 Å². The van der Waals surface area contributed by atoms with Crippen molar-refractivity contribution in [1.82, 2.24) is 0 Å². The third-order valence-corrected chi connectivity index (χ3v) is 4.74. The molecule has 0 saturated heterocycles. The molecule has 0 atom stereocenters. The molecule has 0 aromatic heterocycles. The van der Waals surface area contributed by atoms with Crippen molar-refractivity contribution in [2.24, 2.45) is 0 Å². The summed E-state index contributed by atoms with van der Waals surface area (Å²) in [5.74, 6) is 0.185. The van der Waals surface area contributed by atoms with Crippen LogP contribution in [0.25, 0.3) is 0 Å². The Morgan fingerprint density at radius 3 is 2.25 bits per heavy atom. The van der Waals surface area contributed by atoms with E-state index in [4.69, 9.17) is 23.2 Å². The Balaban J connectivity index is 2.19. The summed E-state index contributed by atoms with van der Waals surface area (Å²) in [6.45, 7) is 2.47. The summed E-state index contributed by atoms with van der Waals surface area (Å²) in [4.78, 5) is 0. The molecule has 2 rings (SSSR count). The molecule has 0 spiro atoms. The Morgan fingerprint density at radius 1 is 1.05 bits per heavy atom. The number of aromatic hydroxyl groups is 1. The van der Waals surface area contributed by atoms with Crippen LogP contribution in [0.3, 0.4) is 0 Å². The van der Waals surface area contributed by atoms with Gasteiger partial charge in [-0.2, -0.15) is 0 Å². The highest BCUT2D eigenvalue weighted by molar-refractivity contribution is 9.11. The monoisotopic (exact) mass is 437 g/mol. The number of phenolic OH excluding ortho intramolecular Hbond substituents is 1. The average molecular weight is 440 g/mol. The van der Waals surface area contributed by atoms with E-state index in [1.54, 1.807) is 0 Å². The van der Waals surface area contributed by atoms with Gasteiger partial charge in [0.1, 0.15) is 5.75 Å². The molecular formula is C14H11Br2Cl2NO. The van der Waals surface area contributed by atoms with Crippen molar-refractivity contribution in [1.29, 1.82) is 0 Å². The van der Waals surface area contributed by atoms with Crippen LogP contribution in [0, 0.1) is 6.92 Å². The largest absolute Gasteiger partial charge is 0.506 e. The van der Waals surface area contributed by atoms with Crippen molar-refractivity contribution < 1.29 is 5.11 Å². The van der Waals surface area contributed by atoms with Crippen LogP contribution in [0.1, 0.15) is 11.1 Å². The zero-order valence-corrected chi connectivity index (χ0v) is 15.2. The van der Waals surface area contributed by atoms with Crippen LogP contribution in [-0.2, 0) is 6.54 Å². The summed E-state index contributed by atoms with van der Waals surface area (Å²) in [7, 11) is 0. The quantitative estimate of drug-likeness (QED) is 0.601. The lowest BCUT2D eigenvalue weighted by molar-refractivity contribution is 0.468. The Labute approximate surface area is 144 Å². The second kappa shape index (κ2) is 6.56. The van der Waals surface area contributed by atoms with Crippen LogP contribution in [0.2, 0.25) is 10.0 Å². The van der Waals surface area contributed by atoms with Gasteiger partial charge in [0.25, 0.3) is 0 Å². The van der Waals surface area contributed by atoms with Gasteiger partial charge in [-0.15, -0.1) is 0 Å². The average Bonchev–Trinajstić information content (AvgIpc) is 2.38. The van der Waals surface area contributed by atoms with Gasteiger partial charge in [0, 0.05) is 11.6 Å². The number of rotatable bonds is 3. The first kappa shape index (κ1) is 16.0. The minimum Gasteiger partial charge on any atom is -0.506 e. The lowest BCUT2D eigenvalue weighted by atomic mass is 10.2. The van der Waals surface area contributed by atoms with Gasteiger partial charge in [0.2, 0.25) is 0 Å². The van der Waals surface area contributed by atoms with Gasteiger partial charge in [-0.25, -0.2) is 0 Å². The van der Waals surface area contributed by atoms with Crippen LogP contribution in [0.15, 0.2) is 33.2 Å². The molecular weight excluding hydrogens is 429 g/mol. The molecule has 2 nitrogen and oxygen atoms in total. The molecule has 0 heterocycles. The number of anilines is 1. The predicted octanol–water partition coefficient (Wildman–Crippen LogP) is 6.14. The van der Waals surface area contributed by atoms with Crippen molar-refractivity contribution >= 4 is 60.7 Å². The molecule has 0 aliphatic heterocycles. The first-order valence-corrected chi connectivity index (χ1v) is 8.09. The normalized spacial score (nSPS) is 10.7. The summed E-state index contributed by atoms with van der Waals surface area (Å²) in [6, 6.07) is 7.33. The second-order valence-electron chi connectivity index (χ2n) is 4.34. The van der Waals surface area contributed by atoms with Crippen LogP contribution >= 0.6 is 55.1 Å². The van der Waals surface area contributed by atoms with E-state index >= 15 is 0 Å². The Bertz CT molecular complexity index is 639. The highest BCUT2D eigenvalue weighted by Crippen LogP contribution is 2.34. The van der Waals surface area contributed by atoms with Crippen molar-refractivity contribution in [3.8, 4) is 5.75 Å². The Hall–Kier alpha value is -0.420. The Kier molecular flexibility index (Phi) is 5.24. The third kappa shape index (κ3) is 3.61. The van der Waals surface area contributed by atoms with E-state index in [2.05, 4.69) is 37.2 Å². The zero-order valence-electron chi connectivity index (χ0n) is 10.5. The zero-order chi connectivity index (χ0) is 14.9. The summed E-state index contributed by atoms with van der Waals surface area (Å²) < 4.78 is 1.27. The summed E-state index contributed by atoms with van der Waals surface area (Å²) >= 11 is 18.9. The molecule has 0 unspecified atom stereocenters. The molecule has 2 aromatic carbocycles. The van der Waals surface area contributed by atoms with Gasteiger partial charge in [-0.3, -0.25) is 0 Å². The van der Waals surface area contributed by atoms with Crippen LogP contribution < -0.4 is 5.32 Å². The number of aryl methyl sites for hydroxylation is 1. The molecule has 20 heavy (non-hydrogen) atoms. The number of hydrogen-bond acceptors (Lipinski definition) is 2. The minimum absolute atomic E-state index is 0.185. The molecule has 0 radical (unpaired) electrons. The SMILES string of the molecule is Cc1cc(Cl)c(NCc2cc(Br)c(O)c(Br)c2)cc1Cl. The number of hydrogen-bond donors (Lipinski definition) is 2. The fourth-order valence-electron chi connectivity index (χ4n) is 1.70. The molecule has 106 valence electrons. The molecule has 6 heteroatoms. The molecule has 0 amide bonds. The predicted molar refractivity (Wildman–Crippen MR) is 92.0 cm³/mol. The molecule has 0 aliphatic rings. The maximum Gasteiger partial charge on any atom is 0.143 e. The minimum atomic E-state index is 0.185. The van der Waals surface area contributed by atoms with E-state index in [9.17, 15) is 5.11 Å². The van der Waals surface area contributed by atoms with E-state index in [-0.39, 0.29) is 5.75 Å². The summed E-state index contributed by atoms with van der Waals surface area (Å²) in [5, 5.41) is 14.2. The van der Waals surface area contributed by atoms with Crippen LogP contribution in [0.4, 0.5) is 5.69 Å². The topological polar surface area (TPSA) is 32.3 Å². The number of phenols is 1. The maximum atomic E-state index is 9.67. The molecule has 2 aromatic rings. The first-order valence-electron chi connectivity index (χ1n) is 5.75. The number of halogens is 4. The van der Waals surface area contributed by atoms with Crippen molar-refractivity contribution in [2.45, 2.75) is 13.5 Å². The van der Waals surface area contributed by atoms with E-state index in [0.717, 1.165) is 16.8 Å². The fraction of sp³-hybridized carbons (Fsp3) is 0.143. The van der Waals surface area contributed by atoms with Gasteiger partial charge in [0.05, 0.1) is 19.7 Å². The maximum absolute atomic E-state index is 9.67. The van der Waals surface area contributed by atoms with Crippen molar-refractivity contribution in [2.75, 3.05) is 5.32 Å². The van der Waals surface area contributed by atoms with Crippen molar-refractivity contribution in [3.63, 3.8) is 0 Å². The summed E-state index contributed by atoms with van der Waals surface area (Å²) in [6.07, 6.45) is 0. The second-order valence-corrected chi connectivity index (χ2v) is 6.87. The lowest BCUT2D eigenvalue weighted by Gasteiger charge is -2.11. The van der Waals surface area contributed by atoms with Crippen LogP contribution in [0.5, 0.6) is 5.75 Å². The standard InChI is InChI=1S/C14H11Br2Cl2NO/c1-7-2-12(18)13(5-11(7)17)19-6-8-3-9(15)14(20)10(16)4-8/h2-5,19-20H,6H2,1H3. The highest BCUT2D eigenvalue weighted by Gasteiger charge is 2.08. The van der Waals surface area contributed by atoms with Crippen molar-refractivity contribution in [3.05, 3.63) is 54.4 Å². The van der Waals surface area contributed by atoms with Gasteiger partial charge >= 0.3 is 0 Å². The highest BCUT2D eigenvalue weighted by atomic mass is 79.9. The third-order valence-electron chi connectivity index (χ3n) is 2.81. The molecule has 2 N–H and O–H groups in total. The van der Waals surface area contributed by atoms with Crippen LogP contribution in [-0.4, -0.2) is 5.11 Å². The number of nitrogens with one attached hydrogen (secondary N) is 1. The van der Waals surface area contributed by atoms with Gasteiger partial charge < -0.3 is 10.4 Å².